The van der Waals surface area contributed by atoms with E-state index in [4.69, 9.17) is 5.73 Å². The number of halogens is 7. The second-order valence-corrected chi connectivity index (χ2v) is 12.8. The van der Waals surface area contributed by atoms with Gasteiger partial charge in [-0.05, 0) is 68.5 Å². The number of nitrogen functional groups attached to an aromatic ring is 1. The van der Waals surface area contributed by atoms with Crippen LogP contribution in [0.5, 0.6) is 0 Å². The van der Waals surface area contributed by atoms with E-state index >= 15 is 0 Å². The highest BCUT2D eigenvalue weighted by atomic mass is 19.4. The quantitative estimate of drug-likeness (QED) is 0.141. The number of aliphatic hydroxyl groups is 1. The molecule has 1 amide bonds. The molecule has 51 heavy (non-hydrogen) atoms. The van der Waals surface area contributed by atoms with Crippen LogP contribution in [0, 0.1) is 23.5 Å². The number of amides is 1. The molecule has 0 spiro atoms. The molecule has 5 aromatic rings. The number of pyridine rings is 1. The van der Waals surface area contributed by atoms with Gasteiger partial charge in [-0.25, -0.2) is 13.8 Å². The number of para-hydroxylation sites is 1. The van der Waals surface area contributed by atoms with E-state index < -0.39 is 77.6 Å². The van der Waals surface area contributed by atoms with E-state index in [1.54, 1.807) is 37.4 Å². The van der Waals surface area contributed by atoms with Crippen molar-refractivity contribution in [1.82, 2.24) is 29.9 Å². The molecule has 0 saturated carbocycles. The molecular weight excluding hydrogens is 683 g/mol. The molecule has 3 heterocycles. The van der Waals surface area contributed by atoms with Crippen LogP contribution in [0.25, 0.3) is 22.0 Å². The minimum atomic E-state index is -5.05. The summed E-state index contributed by atoms with van der Waals surface area (Å²) in [7, 11) is 1.65. The molecular formula is C35H30F7N7O2. The number of nitrogens with one attached hydrogen (secondary N) is 1. The van der Waals surface area contributed by atoms with Crippen LogP contribution in [-0.4, -0.2) is 41.2 Å². The van der Waals surface area contributed by atoms with Gasteiger partial charge in [0.25, 0.3) is 5.92 Å². The number of aromatic nitrogens is 5. The zero-order chi connectivity index (χ0) is 37.0. The molecule has 2 aromatic carbocycles. The van der Waals surface area contributed by atoms with Crippen molar-refractivity contribution < 1.29 is 40.6 Å². The second-order valence-electron chi connectivity index (χ2n) is 12.8. The first-order valence-electron chi connectivity index (χ1n) is 15.6. The van der Waals surface area contributed by atoms with E-state index in [2.05, 4.69) is 32.3 Å². The van der Waals surface area contributed by atoms with Gasteiger partial charge < -0.3 is 16.2 Å². The Morgan fingerprint density at radius 3 is 2.45 bits per heavy atom. The van der Waals surface area contributed by atoms with Gasteiger partial charge in [-0.1, -0.05) is 18.1 Å². The van der Waals surface area contributed by atoms with Crippen molar-refractivity contribution in [2.24, 2.45) is 7.05 Å². The van der Waals surface area contributed by atoms with Crippen LogP contribution in [0.4, 0.5) is 36.6 Å². The Hall–Kier alpha value is -5.43. The summed E-state index contributed by atoms with van der Waals surface area (Å²) in [4.78, 5) is 18.4. The number of hydrogen-bond donors (Lipinski definition) is 3. The first kappa shape index (κ1) is 35.4. The number of nitrogens with two attached hydrogens (primary N) is 1. The number of hydrogen-bond acceptors (Lipinski definition) is 6. The minimum absolute atomic E-state index is 0.0624. The Morgan fingerprint density at radius 1 is 1.08 bits per heavy atom. The van der Waals surface area contributed by atoms with E-state index in [9.17, 15) is 40.6 Å². The van der Waals surface area contributed by atoms with Gasteiger partial charge in [-0.3, -0.25) is 14.2 Å². The summed E-state index contributed by atoms with van der Waals surface area (Å²) >= 11 is 0. The lowest BCUT2D eigenvalue weighted by Crippen LogP contribution is -2.35. The number of nitrogens with zero attached hydrogens (tertiary/aromatic N) is 5. The molecule has 1 unspecified atom stereocenters. The average Bonchev–Trinajstić information content (AvgIpc) is 3.65. The van der Waals surface area contributed by atoms with Crippen molar-refractivity contribution >= 4 is 22.6 Å². The topological polar surface area (TPSA) is 124 Å². The first-order chi connectivity index (χ1) is 23.8. The first-order valence-corrected chi connectivity index (χ1v) is 15.6. The highest BCUT2D eigenvalue weighted by molar-refractivity contribution is 6.00. The van der Waals surface area contributed by atoms with Crippen molar-refractivity contribution in [3.05, 3.63) is 94.1 Å². The third kappa shape index (κ3) is 7.25. The van der Waals surface area contributed by atoms with E-state index in [0.29, 0.717) is 32.8 Å². The summed E-state index contributed by atoms with van der Waals surface area (Å²) in [5.41, 5.74) is 3.26. The van der Waals surface area contributed by atoms with Crippen LogP contribution >= 0.6 is 0 Å². The highest BCUT2D eigenvalue weighted by Gasteiger charge is 2.50. The Bertz CT molecular complexity index is 2220. The van der Waals surface area contributed by atoms with Crippen LogP contribution in [0.1, 0.15) is 60.2 Å². The van der Waals surface area contributed by atoms with E-state index in [1.165, 1.54) is 18.5 Å². The van der Waals surface area contributed by atoms with Crippen LogP contribution < -0.4 is 11.1 Å². The minimum Gasteiger partial charge on any atom is -0.382 e. The predicted molar refractivity (Wildman–Crippen MR) is 172 cm³/mol. The van der Waals surface area contributed by atoms with Gasteiger partial charge in [-0.15, -0.1) is 0 Å². The maximum atomic E-state index is 14.9. The lowest BCUT2D eigenvalue weighted by Gasteiger charge is -2.23. The van der Waals surface area contributed by atoms with Gasteiger partial charge in [-0.2, -0.15) is 32.1 Å². The van der Waals surface area contributed by atoms with Crippen LogP contribution in [0.2, 0.25) is 0 Å². The van der Waals surface area contributed by atoms with Gasteiger partial charge in [0, 0.05) is 41.6 Å². The summed E-state index contributed by atoms with van der Waals surface area (Å²) in [5, 5.41) is 21.1. The van der Waals surface area contributed by atoms with Gasteiger partial charge in [0.1, 0.15) is 35.2 Å². The molecule has 16 heteroatoms. The average molecular weight is 714 g/mol. The van der Waals surface area contributed by atoms with Gasteiger partial charge in [0.05, 0.1) is 17.3 Å². The molecule has 0 radical (unpaired) electrons. The molecule has 0 bridgehead atoms. The molecule has 1 aliphatic carbocycles. The number of benzene rings is 2. The maximum absolute atomic E-state index is 14.9. The summed E-state index contributed by atoms with van der Waals surface area (Å²) in [6.45, 7) is 1.86. The monoisotopic (exact) mass is 713 g/mol. The number of anilines is 1. The smallest absolute Gasteiger partial charge is 0.382 e. The number of aryl methyl sites for hydroxylation is 1. The van der Waals surface area contributed by atoms with Crippen LogP contribution in [-0.2, 0) is 43.3 Å². The fraction of sp³-hybridized carbons (Fsp3) is 0.314. The van der Waals surface area contributed by atoms with E-state index in [1.807, 2.05) is 0 Å². The van der Waals surface area contributed by atoms with Gasteiger partial charge in [0.15, 0.2) is 11.5 Å². The molecule has 1 aliphatic rings. The second kappa shape index (κ2) is 12.7. The van der Waals surface area contributed by atoms with Crippen LogP contribution in [0.15, 0.2) is 48.5 Å². The largest absolute Gasteiger partial charge is 0.435 e. The van der Waals surface area contributed by atoms with Crippen molar-refractivity contribution in [2.75, 3.05) is 5.73 Å². The molecule has 9 nitrogen and oxygen atoms in total. The third-order valence-electron chi connectivity index (χ3n) is 8.28. The summed E-state index contributed by atoms with van der Waals surface area (Å²) < 4.78 is 102. The molecule has 4 N–H and O–H groups in total. The number of carbonyl (C=O) groups is 1. The third-order valence-corrected chi connectivity index (χ3v) is 8.28. The standard InChI is InChI=1S/C35H30F7N7O2/c1-33(2,51)11-9-21-7-8-22(23-5-4-6-24-29(23)48(3)47-32(24)43)28(44-21)26(15-18-13-19(36)16-20(37)14-18)45-27(50)17-49-31-25(10-12-34(31,38)39)30(46-49)35(40,41)42/h4-8,13-14,16,26,51H,10,12,15,17H2,1-3H3,(H2,43,47)(H,45,50). The summed E-state index contributed by atoms with van der Waals surface area (Å²) in [5.74, 6) is -0.931. The lowest BCUT2D eigenvalue weighted by atomic mass is 9.93. The fourth-order valence-electron chi connectivity index (χ4n) is 6.28. The Balaban J connectivity index is 1.50. The fourth-order valence-corrected chi connectivity index (χ4v) is 6.28. The highest BCUT2D eigenvalue weighted by Crippen LogP contribution is 2.46. The molecule has 266 valence electrons. The van der Waals surface area contributed by atoms with Gasteiger partial charge >= 0.3 is 6.18 Å². The maximum Gasteiger partial charge on any atom is 0.435 e. The molecule has 3 aromatic heterocycles. The van der Waals surface area contributed by atoms with Crippen molar-refractivity contribution in [1.29, 1.82) is 0 Å². The Morgan fingerprint density at radius 2 is 1.78 bits per heavy atom. The predicted octanol–water partition coefficient (Wildman–Crippen LogP) is 5.97. The van der Waals surface area contributed by atoms with Crippen molar-refractivity contribution in [2.45, 2.75) is 63.4 Å². The van der Waals surface area contributed by atoms with Crippen molar-refractivity contribution in [3.8, 4) is 23.0 Å². The van der Waals surface area contributed by atoms with Gasteiger partial charge in [0.2, 0.25) is 5.91 Å². The Labute approximate surface area is 286 Å². The van der Waals surface area contributed by atoms with Crippen molar-refractivity contribution in [3.63, 3.8) is 0 Å². The molecule has 0 saturated heterocycles. The zero-order valence-electron chi connectivity index (χ0n) is 27.3. The molecule has 0 fully saturated rings. The normalized spacial score (nSPS) is 14.6. The summed E-state index contributed by atoms with van der Waals surface area (Å²) in [6, 6.07) is 9.76. The number of carbonyl (C=O) groups excluding carboxylic acids is 1. The zero-order valence-corrected chi connectivity index (χ0v) is 27.3. The van der Waals surface area contributed by atoms with E-state index in [0.717, 1.165) is 12.1 Å². The Kier molecular flexibility index (Phi) is 8.83. The number of alkyl halides is 5. The SMILES string of the molecule is Cn1nc(N)c2cccc(-c3ccc(C#CC(C)(C)O)nc3C(Cc3cc(F)cc(F)c3)NC(=O)Cn3nc(C(F)(F)F)c4c3C(F)(F)CC4)c21. The number of fused-ring (bicyclic) bond motifs is 2. The summed E-state index contributed by atoms with van der Waals surface area (Å²) in [6.07, 6.45) is -6.82. The van der Waals surface area contributed by atoms with Crippen LogP contribution in [0.3, 0.4) is 0 Å². The molecule has 1 atom stereocenters. The lowest BCUT2D eigenvalue weighted by molar-refractivity contribution is -0.142. The van der Waals surface area contributed by atoms with E-state index in [-0.39, 0.29) is 29.2 Å². The number of rotatable bonds is 7. The molecule has 0 aliphatic heterocycles. The molecule has 6 rings (SSSR count).